The van der Waals surface area contributed by atoms with Gasteiger partial charge in [0.15, 0.2) is 0 Å². The molecule has 82 valence electrons. The summed E-state index contributed by atoms with van der Waals surface area (Å²) >= 11 is 1.63. The van der Waals surface area contributed by atoms with Crippen LogP contribution in [0.2, 0.25) is 0 Å². The molecule has 0 unspecified atom stereocenters. The van der Waals surface area contributed by atoms with Gasteiger partial charge in [0.05, 0.1) is 5.56 Å². The van der Waals surface area contributed by atoms with Gasteiger partial charge in [-0.25, -0.2) is 4.79 Å². The fourth-order valence-corrected chi connectivity index (χ4v) is 2.00. The molecule has 2 rings (SSSR count). The highest BCUT2D eigenvalue weighted by Crippen LogP contribution is 2.13. The zero-order valence-electron chi connectivity index (χ0n) is 8.51. The number of carboxylic acids is 1. The second kappa shape index (κ2) is 4.81. The van der Waals surface area contributed by atoms with Crippen LogP contribution in [0.1, 0.15) is 15.9 Å². The largest absolute Gasteiger partial charge is 0.478 e. The Balaban J connectivity index is 2.04. The van der Waals surface area contributed by atoms with E-state index in [0.717, 1.165) is 11.3 Å². The van der Waals surface area contributed by atoms with Crippen molar-refractivity contribution in [3.63, 3.8) is 0 Å². The molecule has 1 aromatic heterocycles. The minimum Gasteiger partial charge on any atom is -0.478 e. The Morgan fingerprint density at radius 2 is 2.25 bits per heavy atom. The normalized spacial score (nSPS) is 10.0. The number of thiophene rings is 1. The highest BCUT2D eigenvalue weighted by atomic mass is 32.1. The first-order valence-corrected chi connectivity index (χ1v) is 5.78. The zero-order valence-corrected chi connectivity index (χ0v) is 9.33. The van der Waals surface area contributed by atoms with E-state index in [4.69, 9.17) is 5.11 Å². The maximum atomic E-state index is 10.8. The van der Waals surface area contributed by atoms with Crippen LogP contribution in [-0.2, 0) is 6.54 Å². The number of hydrogen-bond acceptors (Lipinski definition) is 3. The van der Waals surface area contributed by atoms with Crippen molar-refractivity contribution in [3.05, 3.63) is 52.2 Å². The third kappa shape index (κ3) is 2.61. The van der Waals surface area contributed by atoms with Crippen molar-refractivity contribution in [2.75, 3.05) is 5.32 Å². The molecule has 0 atom stereocenters. The van der Waals surface area contributed by atoms with Crippen LogP contribution < -0.4 is 5.32 Å². The minimum absolute atomic E-state index is 0.324. The molecule has 16 heavy (non-hydrogen) atoms. The summed E-state index contributed by atoms with van der Waals surface area (Å²) in [6.45, 7) is 0.637. The molecule has 0 aliphatic heterocycles. The van der Waals surface area contributed by atoms with Gasteiger partial charge in [-0.3, -0.25) is 0 Å². The summed E-state index contributed by atoms with van der Waals surface area (Å²) < 4.78 is 0. The maximum absolute atomic E-state index is 10.8. The Bertz CT molecular complexity index is 480. The predicted molar refractivity (Wildman–Crippen MR) is 65.0 cm³/mol. The summed E-state index contributed by atoms with van der Waals surface area (Å²) in [6, 6.07) is 8.93. The van der Waals surface area contributed by atoms with Crippen molar-refractivity contribution in [2.24, 2.45) is 0 Å². The average molecular weight is 233 g/mol. The molecular weight excluding hydrogens is 222 g/mol. The average Bonchev–Trinajstić information content (AvgIpc) is 2.79. The lowest BCUT2D eigenvalue weighted by molar-refractivity contribution is 0.0697. The standard InChI is InChI=1S/C12H11NO2S/c14-12(15)10-3-1-2-9(6-10)7-13-11-4-5-16-8-11/h1-6,8,13H,7H2,(H,14,15). The van der Waals surface area contributed by atoms with Gasteiger partial charge in [0, 0.05) is 17.6 Å². The number of aromatic carboxylic acids is 1. The quantitative estimate of drug-likeness (QED) is 0.853. The summed E-state index contributed by atoms with van der Waals surface area (Å²) in [7, 11) is 0. The van der Waals surface area contributed by atoms with Crippen molar-refractivity contribution >= 4 is 23.0 Å². The molecule has 0 saturated carbocycles. The van der Waals surface area contributed by atoms with Gasteiger partial charge in [0.2, 0.25) is 0 Å². The van der Waals surface area contributed by atoms with Crippen LogP contribution in [-0.4, -0.2) is 11.1 Å². The Labute approximate surface area is 97.4 Å². The van der Waals surface area contributed by atoms with Crippen LogP contribution >= 0.6 is 11.3 Å². The summed E-state index contributed by atoms with van der Waals surface area (Å²) in [4.78, 5) is 10.8. The fraction of sp³-hybridized carbons (Fsp3) is 0.0833. The van der Waals surface area contributed by atoms with Gasteiger partial charge >= 0.3 is 5.97 Å². The molecule has 3 nitrogen and oxygen atoms in total. The van der Waals surface area contributed by atoms with Gasteiger partial charge in [0.25, 0.3) is 0 Å². The zero-order chi connectivity index (χ0) is 11.4. The van der Waals surface area contributed by atoms with Gasteiger partial charge < -0.3 is 10.4 Å². The molecule has 4 heteroatoms. The van der Waals surface area contributed by atoms with Gasteiger partial charge in [-0.05, 0) is 29.1 Å². The Morgan fingerprint density at radius 3 is 2.94 bits per heavy atom. The smallest absolute Gasteiger partial charge is 0.335 e. The predicted octanol–water partition coefficient (Wildman–Crippen LogP) is 3.06. The second-order valence-electron chi connectivity index (χ2n) is 3.37. The van der Waals surface area contributed by atoms with Crippen LogP contribution in [0, 0.1) is 0 Å². The summed E-state index contributed by atoms with van der Waals surface area (Å²) in [5.74, 6) is -0.891. The van der Waals surface area contributed by atoms with Crippen molar-refractivity contribution in [1.82, 2.24) is 0 Å². The van der Waals surface area contributed by atoms with E-state index in [1.165, 1.54) is 0 Å². The number of benzene rings is 1. The molecule has 0 spiro atoms. The molecule has 0 saturated heterocycles. The monoisotopic (exact) mass is 233 g/mol. The van der Waals surface area contributed by atoms with Crippen LogP contribution in [0.25, 0.3) is 0 Å². The second-order valence-corrected chi connectivity index (χ2v) is 4.15. The molecule has 1 heterocycles. The molecule has 0 aliphatic carbocycles. The number of nitrogens with one attached hydrogen (secondary N) is 1. The van der Waals surface area contributed by atoms with Gasteiger partial charge in [0.1, 0.15) is 0 Å². The number of carbonyl (C=O) groups is 1. The van der Waals surface area contributed by atoms with Crippen LogP contribution in [0.15, 0.2) is 41.1 Å². The van der Waals surface area contributed by atoms with Crippen molar-refractivity contribution in [2.45, 2.75) is 6.54 Å². The SMILES string of the molecule is O=C(O)c1cccc(CNc2ccsc2)c1. The molecule has 2 aromatic rings. The molecule has 1 aromatic carbocycles. The van der Waals surface area contributed by atoms with E-state index < -0.39 is 5.97 Å². The first-order valence-electron chi connectivity index (χ1n) is 4.84. The van der Waals surface area contributed by atoms with E-state index in [1.807, 2.05) is 22.9 Å². The van der Waals surface area contributed by atoms with E-state index in [2.05, 4.69) is 5.32 Å². The van der Waals surface area contributed by atoms with Crippen LogP contribution in [0.3, 0.4) is 0 Å². The van der Waals surface area contributed by atoms with Crippen molar-refractivity contribution in [3.8, 4) is 0 Å². The lowest BCUT2D eigenvalue weighted by Gasteiger charge is -2.04. The number of anilines is 1. The first-order chi connectivity index (χ1) is 7.75. The van der Waals surface area contributed by atoms with Crippen molar-refractivity contribution < 1.29 is 9.90 Å². The number of rotatable bonds is 4. The molecule has 2 N–H and O–H groups in total. The van der Waals surface area contributed by atoms with Gasteiger partial charge in [-0.15, -0.1) is 0 Å². The van der Waals surface area contributed by atoms with Gasteiger partial charge in [-0.2, -0.15) is 11.3 Å². The van der Waals surface area contributed by atoms with Crippen LogP contribution in [0.5, 0.6) is 0 Å². The minimum atomic E-state index is -0.891. The molecule has 0 radical (unpaired) electrons. The molecule has 0 fully saturated rings. The summed E-state index contributed by atoms with van der Waals surface area (Å²) in [5, 5.41) is 16.1. The third-order valence-corrected chi connectivity index (χ3v) is 2.87. The molecule has 0 bridgehead atoms. The van der Waals surface area contributed by atoms with Gasteiger partial charge in [-0.1, -0.05) is 12.1 Å². The van der Waals surface area contributed by atoms with E-state index in [-0.39, 0.29) is 0 Å². The molecular formula is C12H11NO2S. The van der Waals surface area contributed by atoms with Crippen LogP contribution in [0.4, 0.5) is 5.69 Å². The number of carboxylic acid groups (broad SMARTS) is 1. The Hall–Kier alpha value is -1.81. The lowest BCUT2D eigenvalue weighted by atomic mass is 10.1. The lowest BCUT2D eigenvalue weighted by Crippen LogP contribution is -2.01. The third-order valence-electron chi connectivity index (χ3n) is 2.19. The fourth-order valence-electron chi connectivity index (χ4n) is 1.38. The van der Waals surface area contributed by atoms with E-state index >= 15 is 0 Å². The van der Waals surface area contributed by atoms with E-state index in [9.17, 15) is 4.79 Å². The number of hydrogen-bond donors (Lipinski definition) is 2. The summed E-state index contributed by atoms with van der Waals surface area (Å²) in [5.41, 5.74) is 2.35. The van der Waals surface area contributed by atoms with E-state index in [0.29, 0.717) is 12.1 Å². The maximum Gasteiger partial charge on any atom is 0.335 e. The summed E-state index contributed by atoms with van der Waals surface area (Å²) in [6.07, 6.45) is 0. The van der Waals surface area contributed by atoms with E-state index in [1.54, 1.807) is 29.5 Å². The molecule has 0 amide bonds. The topological polar surface area (TPSA) is 49.3 Å². The Kier molecular flexibility index (Phi) is 3.22. The Morgan fingerprint density at radius 1 is 1.38 bits per heavy atom. The highest BCUT2D eigenvalue weighted by molar-refractivity contribution is 7.08. The van der Waals surface area contributed by atoms with Crippen molar-refractivity contribution in [1.29, 1.82) is 0 Å². The first kappa shape index (κ1) is 10.7. The molecule has 0 aliphatic rings. The highest BCUT2D eigenvalue weighted by Gasteiger charge is 2.02.